The third kappa shape index (κ3) is 4.23. The summed E-state index contributed by atoms with van der Waals surface area (Å²) in [5.41, 5.74) is 3.27. The molecule has 0 radical (unpaired) electrons. The molecule has 4 heteroatoms. The highest BCUT2D eigenvalue weighted by atomic mass is 19.1. The summed E-state index contributed by atoms with van der Waals surface area (Å²) in [7, 11) is 0. The average molecular weight is 314 g/mol. The first-order chi connectivity index (χ1) is 11.0. The number of anilines is 1. The molecule has 0 saturated carbocycles. The highest BCUT2D eigenvalue weighted by Gasteiger charge is 2.25. The molecule has 1 aliphatic rings. The monoisotopic (exact) mass is 314 g/mol. The molecule has 0 aromatic heterocycles. The highest BCUT2D eigenvalue weighted by Crippen LogP contribution is 2.33. The van der Waals surface area contributed by atoms with Crippen LogP contribution in [0.5, 0.6) is 5.75 Å². The molecular weight excluding hydrogens is 291 g/mol. The average Bonchev–Trinajstić information content (AvgIpc) is 2.52. The zero-order chi connectivity index (χ0) is 16.3. The second kappa shape index (κ2) is 6.59. The van der Waals surface area contributed by atoms with Crippen LogP contribution in [0.25, 0.3) is 0 Å². The zero-order valence-electron chi connectivity index (χ0n) is 13.7. The largest absolute Gasteiger partial charge is 0.484 e. The van der Waals surface area contributed by atoms with Crippen molar-refractivity contribution in [3.8, 4) is 5.75 Å². The molecule has 1 aliphatic heterocycles. The van der Waals surface area contributed by atoms with Crippen molar-refractivity contribution in [3.05, 3.63) is 59.4 Å². The van der Waals surface area contributed by atoms with Gasteiger partial charge in [0.2, 0.25) is 0 Å². The molecular formula is C19H23FN2O. The van der Waals surface area contributed by atoms with E-state index in [-0.39, 0.29) is 11.4 Å². The van der Waals surface area contributed by atoms with E-state index in [2.05, 4.69) is 36.6 Å². The van der Waals surface area contributed by atoms with Crippen molar-refractivity contribution in [2.75, 3.05) is 18.4 Å². The van der Waals surface area contributed by atoms with Crippen LogP contribution in [0.1, 0.15) is 25.0 Å². The van der Waals surface area contributed by atoms with Gasteiger partial charge in [0, 0.05) is 6.54 Å². The Labute approximate surface area is 136 Å². The number of halogens is 1. The molecule has 0 saturated heterocycles. The lowest BCUT2D eigenvalue weighted by atomic mass is 10.0. The molecule has 0 unspecified atom stereocenters. The molecule has 0 aliphatic carbocycles. The first-order valence-electron chi connectivity index (χ1n) is 8.03. The Morgan fingerprint density at radius 1 is 1.13 bits per heavy atom. The normalized spacial score (nSPS) is 15.4. The van der Waals surface area contributed by atoms with Crippen LogP contribution < -0.4 is 15.4 Å². The number of hydrogen-bond acceptors (Lipinski definition) is 3. The maximum Gasteiger partial charge on any atom is 0.143 e. The van der Waals surface area contributed by atoms with Crippen LogP contribution in [0.4, 0.5) is 10.1 Å². The molecule has 2 aromatic carbocycles. The first-order valence-corrected chi connectivity index (χ1v) is 8.03. The molecule has 1 heterocycles. The predicted molar refractivity (Wildman–Crippen MR) is 91.4 cm³/mol. The predicted octanol–water partition coefficient (Wildman–Crippen LogP) is 3.74. The van der Waals surface area contributed by atoms with E-state index in [1.165, 1.54) is 17.7 Å². The summed E-state index contributed by atoms with van der Waals surface area (Å²) in [6.45, 7) is 6.60. The summed E-state index contributed by atoms with van der Waals surface area (Å²) in [6, 6.07) is 12.9. The van der Waals surface area contributed by atoms with E-state index < -0.39 is 0 Å². The minimum Gasteiger partial charge on any atom is -0.484 e. The van der Waals surface area contributed by atoms with Gasteiger partial charge in [0.05, 0.1) is 12.2 Å². The van der Waals surface area contributed by atoms with Crippen LogP contribution in [-0.2, 0) is 13.0 Å². The zero-order valence-corrected chi connectivity index (χ0v) is 13.7. The van der Waals surface area contributed by atoms with Gasteiger partial charge in [0.1, 0.15) is 17.2 Å². The lowest BCUT2D eigenvalue weighted by Crippen LogP contribution is -2.40. The van der Waals surface area contributed by atoms with E-state index in [9.17, 15) is 4.39 Å². The lowest BCUT2D eigenvalue weighted by molar-refractivity contribution is 0.116. The maximum atomic E-state index is 12.8. The molecule has 122 valence electrons. The Bertz CT molecular complexity index is 668. The second-order valence-electron chi connectivity index (χ2n) is 6.60. The summed E-state index contributed by atoms with van der Waals surface area (Å²) in [4.78, 5) is 0. The van der Waals surface area contributed by atoms with Gasteiger partial charge in [0.15, 0.2) is 0 Å². The molecule has 2 N–H and O–H groups in total. The standard InChI is InChI=1S/C19H23FN2O/c1-19(2)13-22-17-11-14(5-8-18(17)23-19)9-10-21-12-15-3-6-16(20)7-4-15/h3-8,11,21-22H,9-10,12-13H2,1-2H3. The Balaban J connectivity index is 1.50. The van der Waals surface area contributed by atoms with Crippen molar-refractivity contribution < 1.29 is 9.13 Å². The van der Waals surface area contributed by atoms with Crippen LogP contribution >= 0.6 is 0 Å². The molecule has 0 bridgehead atoms. The van der Waals surface area contributed by atoms with E-state index in [1.807, 2.05) is 18.2 Å². The van der Waals surface area contributed by atoms with Crippen molar-refractivity contribution in [3.63, 3.8) is 0 Å². The van der Waals surface area contributed by atoms with Gasteiger partial charge in [-0.3, -0.25) is 0 Å². The number of ether oxygens (including phenoxy) is 1. The van der Waals surface area contributed by atoms with E-state index in [0.717, 1.165) is 43.1 Å². The van der Waals surface area contributed by atoms with Crippen molar-refractivity contribution in [2.45, 2.75) is 32.4 Å². The third-order valence-corrected chi connectivity index (χ3v) is 3.97. The van der Waals surface area contributed by atoms with Gasteiger partial charge in [-0.15, -0.1) is 0 Å². The molecule has 23 heavy (non-hydrogen) atoms. The SMILES string of the molecule is CC1(C)CNc2cc(CCNCc3ccc(F)cc3)ccc2O1. The summed E-state index contributed by atoms with van der Waals surface area (Å²) in [6.07, 6.45) is 0.944. The summed E-state index contributed by atoms with van der Waals surface area (Å²) in [5, 5.41) is 6.82. The Morgan fingerprint density at radius 3 is 2.65 bits per heavy atom. The molecule has 2 aromatic rings. The van der Waals surface area contributed by atoms with Gasteiger partial charge in [-0.25, -0.2) is 4.39 Å². The molecule has 3 nitrogen and oxygen atoms in total. The van der Waals surface area contributed by atoms with E-state index >= 15 is 0 Å². The van der Waals surface area contributed by atoms with E-state index in [0.29, 0.717) is 0 Å². The quantitative estimate of drug-likeness (QED) is 0.825. The number of nitrogens with one attached hydrogen (secondary N) is 2. The van der Waals surface area contributed by atoms with E-state index in [1.54, 1.807) is 0 Å². The van der Waals surface area contributed by atoms with Crippen molar-refractivity contribution in [2.24, 2.45) is 0 Å². The summed E-state index contributed by atoms with van der Waals surface area (Å²) < 4.78 is 18.8. The van der Waals surface area contributed by atoms with E-state index in [4.69, 9.17) is 4.74 Å². The Hall–Kier alpha value is -2.07. The first kappa shape index (κ1) is 15.8. The van der Waals surface area contributed by atoms with Crippen LogP contribution in [0.3, 0.4) is 0 Å². The lowest BCUT2D eigenvalue weighted by Gasteiger charge is -2.33. The molecule has 0 spiro atoms. The fourth-order valence-electron chi connectivity index (χ4n) is 2.67. The Kier molecular flexibility index (Phi) is 4.53. The van der Waals surface area contributed by atoms with Gasteiger partial charge < -0.3 is 15.4 Å². The number of rotatable bonds is 5. The van der Waals surface area contributed by atoms with Crippen LogP contribution in [-0.4, -0.2) is 18.7 Å². The molecule has 0 amide bonds. The highest BCUT2D eigenvalue weighted by molar-refractivity contribution is 5.60. The minimum absolute atomic E-state index is 0.161. The maximum absolute atomic E-state index is 12.8. The topological polar surface area (TPSA) is 33.3 Å². The fraction of sp³-hybridized carbons (Fsp3) is 0.368. The van der Waals surface area contributed by atoms with Gasteiger partial charge in [-0.1, -0.05) is 18.2 Å². The summed E-state index contributed by atoms with van der Waals surface area (Å²) >= 11 is 0. The van der Waals surface area contributed by atoms with Gasteiger partial charge >= 0.3 is 0 Å². The second-order valence-corrected chi connectivity index (χ2v) is 6.60. The van der Waals surface area contributed by atoms with Gasteiger partial charge in [0.25, 0.3) is 0 Å². The van der Waals surface area contributed by atoms with Crippen molar-refractivity contribution in [1.82, 2.24) is 5.32 Å². The van der Waals surface area contributed by atoms with Gasteiger partial charge in [-0.2, -0.15) is 0 Å². The van der Waals surface area contributed by atoms with Crippen molar-refractivity contribution in [1.29, 1.82) is 0 Å². The molecule has 3 rings (SSSR count). The number of fused-ring (bicyclic) bond motifs is 1. The Morgan fingerprint density at radius 2 is 1.87 bits per heavy atom. The molecule has 0 atom stereocenters. The van der Waals surface area contributed by atoms with Crippen LogP contribution in [0, 0.1) is 5.82 Å². The third-order valence-electron chi connectivity index (χ3n) is 3.97. The van der Waals surface area contributed by atoms with Crippen molar-refractivity contribution >= 4 is 5.69 Å². The summed E-state index contributed by atoms with van der Waals surface area (Å²) in [5.74, 6) is 0.727. The smallest absolute Gasteiger partial charge is 0.143 e. The number of benzene rings is 2. The van der Waals surface area contributed by atoms with Gasteiger partial charge in [-0.05, 0) is 62.2 Å². The van der Waals surface area contributed by atoms with Crippen LogP contribution in [0.2, 0.25) is 0 Å². The molecule has 0 fully saturated rings. The number of hydrogen-bond donors (Lipinski definition) is 2. The minimum atomic E-state index is -0.194. The van der Waals surface area contributed by atoms with Crippen LogP contribution in [0.15, 0.2) is 42.5 Å². The fourth-order valence-corrected chi connectivity index (χ4v) is 2.67.